The number of benzene rings is 1. The van der Waals surface area contributed by atoms with Gasteiger partial charge in [-0.1, -0.05) is 6.07 Å². The molecule has 1 aromatic rings. The minimum atomic E-state index is -0.243. The molecule has 0 bridgehead atoms. The number of nitrogens with two attached hydrogens (primary N) is 1. The maximum Gasteiger partial charge on any atom is 0.217 e. The molecule has 0 aromatic heterocycles. The van der Waals surface area contributed by atoms with Crippen LogP contribution in [-0.2, 0) is 11.3 Å². The fraction of sp³-hybridized carbons (Fsp3) is 0.417. The number of aromatic hydroxyl groups is 1. The van der Waals surface area contributed by atoms with Crippen LogP contribution in [0, 0.1) is 0 Å². The largest absolute Gasteiger partial charge is 0.507 e. The Bertz CT molecular complexity index is 383. The smallest absolute Gasteiger partial charge is 0.217 e. The number of rotatable bonds is 7. The van der Waals surface area contributed by atoms with Crippen LogP contribution in [0.1, 0.15) is 24.8 Å². The lowest BCUT2D eigenvalue weighted by atomic mass is 10.2. The highest BCUT2D eigenvalue weighted by Gasteiger charge is 1.99. The summed E-state index contributed by atoms with van der Waals surface area (Å²) in [6.07, 6.45) is 2.20. The van der Waals surface area contributed by atoms with Gasteiger partial charge in [0.1, 0.15) is 5.75 Å². The summed E-state index contributed by atoms with van der Waals surface area (Å²) in [7, 11) is 0. The van der Waals surface area contributed by atoms with Gasteiger partial charge in [0.05, 0.1) is 4.47 Å². The van der Waals surface area contributed by atoms with Crippen molar-refractivity contribution in [2.75, 3.05) is 6.54 Å². The van der Waals surface area contributed by atoms with Crippen molar-refractivity contribution in [3.8, 4) is 5.75 Å². The molecule has 0 radical (unpaired) electrons. The Morgan fingerprint density at radius 3 is 2.82 bits per heavy atom. The lowest BCUT2D eigenvalue weighted by Gasteiger charge is -2.05. The van der Waals surface area contributed by atoms with E-state index < -0.39 is 0 Å². The Balaban J connectivity index is 2.18. The summed E-state index contributed by atoms with van der Waals surface area (Å²) in [4.78, 5) is 10.5. The van der Waals surface area contributed by atoms with Crippen molar-refractivity contribution in [2.24, 2.45) is 5.73 Å². The van der Waals surface area contributed by atoms with Crippen LogP contribution in [0.5, 0.6) is 5.75 Å². The predicted molar refractivity (Wildman–Crippen MR) is 70.6 cm³/mol. The molecular weight excluding hydrogens is 284 g/mol. The molecule has 4 nitrogen and oxygen atoms in total. The molecular formula is C12H17BrN2O2. The fourth-order valence-electron chi connectivity index (χ4n) is 1.44. The molecule has 0 fully saturated rings. The number of primary amides is 1. The number of phenolic OH excluding ortho intramolecular Hbond substituents is 1. The van der Waals surface area contributed by atoms with Gasteiger partial charge in [0.2, 0.25) is 5.91 Å². The summed E-state index contributed by atoms with van der Waals surface area (Å²) in [5.74, 6) is 0.00248. The standard InChI is InChI=1S/C12H17BrN2O2/c13-10-7-9(4-5-11(10)16)8-15-6-2-1-3-12(14)17/h4-5,7,15-16H,1-3,6,8H2,(H2,14,17). The monoisotopic (exact) mass is 300 g/mol. The molecule has 0 aliphatic heterocycles. The number of unbranched alkanes of at least 4 members (excludes halogenated alkanes) is 1. The maximum absolute atomic E-state index is 10.5. The zero-order valence-electron chi connectivity index (χ0n) is 9.58. The van der Waals surface area contributed by atoms with Crippen LogP contribution in [-0.4, -0.2) is 17.6 Å². The van der Waals surface area contributed by atoms with Crippen molar-refractivity contribution in [2.45, 2.75) is 25.8 Å². The molecule has 0 aliphatic carbocycles. The quantitative estimate of drug-likeness (QED) is 0.673. The topological polar surface area (TPSA) is 75.4 Å². The summed E-state index contributed by atoms with van der Waals surface area (Å²) in [5, 5.41) is 12.6. The first kappa shape index (κ1) is 14.0. The second kappa shape index (κ2) is 7.29. The van der Waals surface area contributed by atoms with Crippen molar-refractivity contribution in [1.29, 1.82) is 0 Å². The number of carbonyl (C=O) groups is 1. The summed E-state index contributed by atoms with van der Waals surface area (Å²) in [5.41, 5.74) is 6.14. The number of hydrogen-bond acceptors (Lipinski definition) is 3. The van der Waals surface area contributed by atoms with Crippen LogP contribution in [0.3, 0.4) is 0 Å². The first-order valence-electron chi connectivity index (χ1n) is 5.56. The van der Waals surface area contributed by atoms with Gasteiger partial charge in [-0.2, -0.15) is 0 Å². The lowest BCUT2D eigenvalue weighted by molar-refractivity contribution is -0.118. The van der Waals surface area contributed by atoms with E-state index in [9.17, 15) is 9.90 Å². The van der Waals surface area contributed by atoms with Gasteiger partial charge in [-0.25, -0.2) is 0 Å². The van der Waals surface area contributed by atoms with Crippen LogP contribution in [0.25, 0.3) is 0 Å². The first-order chi connectivity index (χ1) is 8.09. The van der Waals surface area contributed by atoms with Gasteiger partial charge in [-0.05, 0) is 53.0 Å². The summed E-state index contributed by atoms with van der Waals surface area (Å²) in [6, 6.07) is 5.41. The summed E-state index contributed by atoms with van der Waals surface area (Å²) in [6.45, 7) is 1.60. The molecule has 0 spiro atoms. The van der Waals surface area contributed by atoms with Crippen LogP contribution in [0.15, 0.2) is 22.7 Å². The van der Waals surface area contributed by atoms with E-state index in [1.807, 2.05) is 12.1 Å². The number of hydrogen-bond donors (Lipinski definition) is 3. The third-order valence-corrected chi connectivity index (χ3v) is 3.00. The zero-order valence-corrected chi connectivity index (χ0v) is 11.2. The first-order valence-corrected chi connectivity index (χ1v) is 6.35. The summed E-state index contributed by atoms with van der Waals surface area (Å²) < 4.78 is 0.700. The van der Waals surface area contributed by atoms with E-state index in [1.54, 1.807) is 6.07 Å². The second-order valence-corrected chi connectivity index (χ2v) is 4.74. The Kier molecular flexibility index (Phi) is 6.00. The molecule has 0 atom stereocenters. The van der Waals surface area contributed by atoms with Gasteiger partial charge < -0.3 is 16.2 Å². The molecule has 0 unspecified atom stereocenters. The highest BCUT2D eigenvalue weighted by Crippen LogP contribution is 2.24. The van der Waals surface area contributed by atoms with Crippen molar-refractivity contribution >= 4 is 21.8 Å². The minimum Gasteiger partial charge on any atom is -0.507 e. The average molecular weight is 301 g/mol. The lowest BCUT2D eigenvalue weighted by Crippen LogP contribution is -2.16. The molecule has 17 heavy (non-hydrogen) atoms. The number of phenols is 1. The van der Waals surface area contributed by atoms with Crippen LogP contribution < -0.4 is 11.1 Å². The molecule has 5 heteroatoms. The number of carbonyl (C=O) groups excluding carboxylic acids is 1. The molecule has 4 N–H and O–H groups in total. The molecule has 0 aliphatic rings. The molecule has 94 valence electrons. The highest BCUT2D eigenvalue weighted by atomic mass is 79.9. The van der Waals surface area contributed by atoms with Crippen molar-refractivity contribution in [3.05, 3.63) is 28.2 Å². The van der Waals surface area contributed by atoms with E-state index in [0.29, 0.717) is 10.9 Å². The Morgan fingerprint density at radius 1 is 1.41 bits per heavy atom. The van der Waals surface area contributed by atoms with Gasteiger partial charge >= 0.3 is 0 Å². The minimum absolute atomic E-state index is 0.243. The maximum atomic E-state index is 10.5. The van der Waals surface area contributed by atoms with Crippen LogP contribution in [0.2, 0.25) is 0 Å². The molecule has 0 heterocycles. The van der Waals surface area contributed by atoms with Crippen LogP contribution in [0.4, 0.5) is 0 Å². The average Bonchev–Trinajstić information content (AvgIpc) is 2.27. The van der Waals surface area contributed by atoms with Crippen molar-refractivity contribution in [3.63, 3.8) is 0 Å². The third kappa shape index (κ3) is 5.70. The Hall–Kier alpha value is -1.07. The SMILES string of the molecule is NC(=O)CCCCNCc1ccc(O)c(Br)c1. The van der Waals surface area contributed by atoms with Crippen molar-refractivity contribution < 1.29 is 9.90 Å². The Labute approximate surface area is 109 Å². The molecule has 1 amide bonds. The van der Waals surface area contributed by atoms with Gasteiger partial charge in [0.25, 0.3) is 0 Å². The second-order valence-electron chi connectivity index (χ2n) is 3.89. The van der Waals surface area contributed by atoms with E-state index in [1.165, 1.54) is 0 Å². The van der Waals surface area contributed by atoms with Gasteiger partial charge in [-0.15, -0.1) is 0 Å². The molecule has 1 rings (SSSR count). The van der Waals surface area contributed by atoms with Gasteiger partial charge in [0, 0.05) is 13.0 Å². The van der Waals surface area contributed by atoms with E-state index in [-0.39, 0.29) is 11.7 Å². The van der Waals surface area contributed by atoms with Gasteiger partial charge in [-0.3, -0.25) is 4.79 Å². The molecule has 0 saturated carbocycles. The Morgan fingerprint density at radius 2 is 2.18 bits per heavy atom. The third-order valence-electron chi connectivity index (χ3n) is 2.37. The fourth-order valence-corrected chi connectivity index (χ4v) is 1.87. The predicted octanol–water partition coefficient (Wildman–Crippen LogP) is 1.90. The molecule has 0 saturated heterocycles. The van der Waals surface area contributed by atoms with E-state index in [2.05, 4.69) is 21.2 Å². The number of nitrogens with one attached hydrogen (secondary N) is 1. The zero-order chi connectivity index (χ0) is 12.7. The van der Waals surface area contributed by atoms with Crippen LogP contribution >= 0.6 is 15.9 Å². The number of amides is 1. The number of halogens is 1. The van der Waals surface area contributed by atoms with E-state index in [0.717, 1.165) is 31.5 Å². The van der Waals surface area contributed by atoms with E-state index in [4.69, 9.17) is 5.73 Å². The molecule has 1 aromatic carbocycles. The van der Waals surface area contributed by atoms with Gasteiger partial charge in [0.15, 0.2) is 0 Å². The normalized spacial score (nSPS) is 10.4. The van der Waals surface area contributed by atoms with Crippen molar-refractivity contribution in [1.82, 2.24) is 5.32 Å². The summed E-state index contributed by atoms with van der Waals surface area (Å²) >= 11 is 3.27. The van der Waals surface area contributed by atoms with E-state index >= 15 is 0 Å². The highest BCUT2D eigenvalue weighted by molar-refractivity contribution is 9.10.